The molecule has 0 radical (unpaired) electrons. The lowest BCUT2D eigenvalue weighted by molar-refractivity contribution is -0.142. The summed E-state index contributed by atoms with van der Waals surface area (Å²) in [4.78, 5) is 27.7. The third-order valence-corrected chi connectivity index (χ3v) is 4.15. The van der Waals surface area contributed by atoms with Crippen LogP contribution in [0, 0.1) is 5.92 Å². The molecule has 24 heavy (non-hydrogen) atoms. The fraction of sp³-hybridized carbons (Fsp3) is 0.500. The second-order valence-corrected chi connectivity index (χ2v) is 6.02. The summed E-state index contributed by atoms with van der Waals surface area (Å²) in [6, 6.07) is 6.87. The maximum atomic E-state index is 12.2. The Morgan fingerprint density at radius 3 is 2.25 bits per heavy atom. The minimum Gasteiger partial charge on any atom is -0.484 e. The van der Waals surface area contributed by atoms with Crippen LogP contribution in [-0.4, -0.2) is 60.9 Å². The number of hydrogen-bond acceptors (Lipinski definition) is 4. The van der Waals surface area contributed by atoms with Crippen LogP contribution in [0.3, 0.4) is 0 Å². The molecule has 1 aromatic carbocycles. The molecular weight excluding hydrogens is 353 g/mol. The molecule has 1 heterocycles. The topological polar surface area (TPSA) is 75.9 Å². The highest BCUT2D eigenvalue weighted by atomic mass is 35.5. The van der Waals surface area contributed by atoms with E-state index < -0.39 is 0 Å². The van der Waals surface area contributed by atoms with Gasteiger partial charge in [-0.05, 0) is 24.3 Å². The van der Waals surface area contributed by atoms with Gasteiger partial charge in [0.25, 0.3) is 5.91 Å². The number of hydrogen-bond donors (Lipinski definition) is 1. The van der Waals surface area contributed by atoms with Gasteiger partial charge in [0.05, 0.1) is 0 Å². The summed E-state index contributed by atoms with van der Waals surface area (Å²) in [7, 11) is 0. The average Bonchev–Trinajstić information content (AvgIpc) is 2.59. The Kier molecular flexibility index (Phi) is 8.31. The second-order valence-electron chi connectivity index (χ2n) is 5.59. The molecule has 2 rings (SSSR count). The molecule has 1 atom stereocenters. The lowest BCUT2D eigenvalue weighted by Crippen LogP contribution is -2.53. The molecule has 6 nitrogen and oxygen atoms in total. The van der Waals surface area contributed by atoms with Crippen molar-refractivity contribution in [1.82, 2.24) is 9.80 Å². The van der Waals surface area contributed by atoms with E-state index in [1.54, 1.807) is 34.1 Å². The van der Waals surface area contributed by atoms with Crippen LogP contribution in [0.5, 0.6) is 5.75 Å². The molecule has 0 aliphatic carbocycles. The van der Waals surface area contributed by atoms with Crippen molar-refractivity contribution >= 4 is 35.8 Å². The molecule has 134 valence electrons. The first-order chi connectivity index (χ1) is 11.0. The smallest absolute Gasteiger partial charge is 0.260 e. The molecule has 1 saturated heterocycles. The van der Waals surface area contributed by atoms with Crippen molar-refractivity contribution in [2.75, 3.05) is 39.3 Å². The normalized spacial score (nSPS) is 15.5. The largest absolute Gasteiger partial charge is 0.484 e. The molecule has 1 unspecified atom stereocenters. The van der Waals surface area contributed by atoms with Gasteiger partial charge in [-0.3, -0.25) is 9.59 Å². The third-order valence-electron chi connectivity index (χ3n) is 3.90. The summed E-state index contributed by atoms with van der Waals surface area (Å²) in [5, 5.41) is 0.621. The summed E-state index contributed by atoms with van der Waals surface area (Å²) < 4.78 is 5.46. The standard InChI is InChI=1S/C16H22ClN3O3.ClH/c1-12(10-18)16(22)20-8-6-19(7-9-20)15(21)11-23-14-4-2-13(17)3-5-14;/h2-5,12H,6-11,18H2,1H3;1H. The SMILES string of the molecule is CC(CN)C(=O)N1CCN(C(=O)COc2ccc(Cl)cc2)CC1.Cl. The van der Waals surface area contributed by atoms with E-state index in [9.17, 15) is 9.59 Å². The lowest BCUT2D eigenvalue weighted by Gasteiger charge is -2.35. The van der Waals surface area contributed by atoms with E-state index in [2.05, 4.69) is 0 Å². The van der Waals surface area contributed by atoms with Crippen LogP contribution in [0.1, 0.15) is 6.92 Å². The monoisotopic (exact) mass is 375 g/mol. The summed E-state index contributed by atoms with van der Waals surface area (Å²) in [5.41, 5.74) is 5.52. The van der Waals surface area contributed by atoms with Crippen LogP contribution in [0.25, 0.3) is 0 Å². The molecule has 0 bridgehead atoms. The van der Waals surface area contributed by atoms with E-state index in [1.165, 1.54) is 0 Å². The zero-order chi connectivity index (χ0) is 16.8. The van der Waals surface area contributed by atoms with Gasteiger partial charge < -0.3 is 20.3 Å². The molecule has 0 aromatic heterocycles. The van der Waals surface area contributed by atoms with Crippen LogP contribution in [0.2, 0.25) is 5.02 Å². The number of amides is 2. The Balaban J connectivity index is 0.00000288. The molecule has 2 N–H and O–H groups in total. The van der Waals surface area contributed by atoms with E-state index in [-0.39, 0.29) is 36.7 Å². The summed E-state index contributed by atoms with van der Waals surface area (Å²) >= 11 is 5.80. The maximum absolute atomic E-state index is 12.2. The van der Waals surface area contributed by atoms with Crippen molar-refractivity contribution in [3.63, 3.8) is 0 Å². The minimum absolute atomic E-state index is 0. The second kappa shape index (κ2) is 9.71. The highest BCUT2D eigenvalue weighted by molar-refractivity contribution is 6.30. The van der Waals surface area contributed by atoms with Gasteiger partial charge in [-0.1, -0.05) is 18.5 Å². The van der Waals surface area contributed by atoms with Gasteiger partial charge >= 0.3 is 0 Å². The first-order valence-electron chi connectivity index (χ1n) is 7.66. The van der Waals surface area contributed by atoms with Gasteiger partial charge in [0, 0.05) is 43.7 Å². The number of ether oxygens (including phenoxy) is 1. The number of nitrogens with zero attached hydrogens (tertiary/aromatic N) is 2. The highest BCUT2D eigenvalue weighted by Gasteiger charge is 2.26. The number of piperazine rings is 1. The first kappa shape index (κ1) is 20.5. The highest BCUT2D eigenvalue weighted by Crippen LogP contribution is 2.15. The van der Waals surface area contributed by atoms with Crippen LogP contribution in [-0.2, 0) is 9.59 Å². The number of carbonyl (C=O) groups is 2. The molecule has 0 saturated carbocycles. The minimum atomic E-state index is -0.175. The van der Waals surface area contributed by atoms with Crippen LogP contribution in [0.4, 0.5) is 0 Å². The molecule has 0 spiro atoms. The molecule has 8 heteroatoms. The van der Waals surface area contributed by atoms with Crippen molar-refractivity contribution in [3.05, 3.63) is 29.3 Å². The Hall–Kier alpha value is -1.50. The number of halogens is 2. The van der Waals surface area contributed by atoms with Crippen molar-refractivity contribution in [3.8, 4) is 5.75 Å². The van der Waals surface area contributed by atoms with E-state index in [1.807, 2.05) is 6.92 Å². The summed E-state index contributed by atoms with van der Waals surface area (Å²) in [6.45, 7) is 4.25. The molecule has 1 aliphatic heterocycles. The van der Waals surface area contributed by atoms with Crippen molar-refractivity contribution in [1.29, 1.82) is 0 Å². The molecule has 2 amide bonds. The lowest BCUT2D eigenvalue weighted by atomic mass is 10.1. The molecule has 1 aromatic rings. The first-order valence-corrected chi connectivity index (χ1v) is 8.04. The fourth-order valence-electron chi connectivity index (χ4n) is 2.36. The van der Waals surface area contributed by atoms with Gasteiger partial charge in [-0.25, -0.2) is 0 Å². The zero-order valence-corrected chi connectivity index (χ0v) is 15.2. The van der Waals surface area contributed by atoms with E-state index in [0.29, 0.717) is 43.5 Å². The van der Waals surface area contributed by atoms with Crippen LogP contribution < -0.4 is 10.5 Å². The Labute approximate surface area is 153 Å². The Bertz CT molecular complexity index is 546. The number of nitrogens with two attached hydrogens (primary N) is 1. The molecular formula is C16H23Cl2N3O3. The predicted octanol–water partition coefficient (Wildman–Crippen LogP) is 1.41. The van der Waals surface area contributed by atoms with Crippen LogP contribution >= 0.6 is 24.0 Å². The van der Waals surface area contributed by atoms with Gasteiger partial charge in [0.2, 0.25) is 5.91 Å². The molecule has 1 aliphatic rings. The third kappa shape index (κ3) is 5.54. The Morgan fingerprint density at radius 2 is 1.71 bits per heavy atom. The summed E-state index contributed by atoms with van der Waals surface area (Å²) in [6.07, 6.45) is 0. The van der Waals surface area contributed by atoms with Crippen LogP contribution in [0.15, 0.2) is 24.3 Å². The van der Waals surface area contributed by atoms with E-state index >= 15 is 0 Å². The Morgan fingerprint density at radius 1 is 1.17 bits per heavy atom. The predicted molar refractivity (Wildman–Crippen MR) is 95.6 cm³/mol. The number of benzene rings is 1. The van der Waals surface area contributed by atoms with Crippen molar-refractivity contribution in [2.45, 2.75) is 6.92 Å². The van der Waals surface area contributed by atoms with E-state index in [4.69, 9.17) is 22.1 Å². The summed E-state index contributed by atoms with van der Waals surface area (Å²) in [5.74, 6) is 0.398. The zero-order valence-electron chi connectivity index (χ0n) is 13.6. The van der Waals surface area contributed by atoms with Crippen molar-refractivity contribution in [2.24, 2.45) is 11.7 Å². The van der Waals surface area contributed by atoms with Gasteiger partial charge in [0.15, 0.2) is 6.61 Å². The quantitative estimate of drug-likeness (QED) is 0.843. The number of carbonyl (C=O) groups excluding carboxylic acids is 2. The van der Waals surface area contributed by atoms with Gasteiger partial charge in [-0.15, -0.1) is 12.4 Å². The fourth-order valence-corrected chi connectivity index (χ4v) is 2.48. The van der Waals surface area contributed by atoms with E-state index in [0.717, 1.165) is 0 Å². The number of rotatable bonds is 5. The maximum Gasteiger partial charge on any atom is 0.260 e. The van der Waals surface area contributed by atoms with Gasteiger partial charge in [-0.2, -0.15) is 0 Å². The average molecular weight is 376 g/mol. The van der Waals surface area contributed by atoms with Crippen molar-refractivity contribution < 1.29 is 14.3 Å². The molecule has 1 fully saturated rings. The van der Waals surface area contributed by atoms with Gasteiger partial charge in [0.1, 0.15) is 5.75 Å².